The lowest BCUT2D eigenvalue weighted by molar-refractivity contribution is -0.384. The van der Waals surface area contributed by atoms with E-state index >= 15 is 0 Å². The van der Waals surface area contributed by atoms with E-state index in [4.69, 9.17) is 15.7 Å². The molecule has 0 saturated carbocycles. The quantitative estimate of drug-likeness (QED) is 0.345. The largest absolute Gasteiger partial charge is 0.496 e. The maximum atomic E-state index is 10.7. The summed E-state index contributed by atoms with van der Waals surface area (Å²) in [6, 6.07) is 4.24. The highest BCUT2D eigenvalue weighted by atomic mass is 16.6. The normalized spacial score (nSPS) is 8.50. The summed E-state index contributed by atoms with van der Waals surface area (Å²) in [4.78, 5) is 10.0. The third kappa shape index (κ3) is 2.20. The summed E-state index contributed by atoms with van der Waals surface area (Å²) in [6.45, 7) is 0. The molecule has 1 aromatic rings. The van der Waals surface area contributed by atoms with Crippen LogP contribution in [0, 0.1) is 33.3 Å². The first kappa shape index (κ1) is 11.3. The zero-order valence-corrected chi connectivity index (χ0v) is 8.35. The van der Waals surface area contributed by atoms with Crippen molar-refractivity contribution in [3.05, 3.63) is 27.8 Å². The van der Waals surface area contributed by atoms with Crippen molar-refractivity contribution < 1.29 is 9.66 Å². The van der Waals surface area contributed by atoms with Gasteiger partial charge in [-0.25, -0.2) is 0 Å². The lowest BCUT2D eigenvalue weighted by Gasteiger charge is -2.04. The van der Waals surface area contributed by atoms with E-state index in [0.717, 1.165) is 0 Å². The second kappa shape index (κ2) is 4.67. The molecule has 1 aromatic carbocycles. The van der Waals surface area contributed by atoms with E-state index in [1.54, 1.807) is 6.07 Å². The summed E-state index contributed by atoms with van der Waals surface area (Å²) in [5.41, 5.74) is 5.38. The van der Waals surface area contributed by atoms with Crippen molar-refractivity contribution in [1.29, 1.82) is 5.26 Å². The van der Waals surface area contributed by atoms with Gasteiger partial charge in [-0.1, -0.05) is 0 Å². The second-order valence-corrected chi connectivity index (χ2v) is 2.73. The summed E-state index contributed by atoms with van der Waals surface area (Å²) in [6.07, 6.45) is 0. The van der Waals surface area contributed by atoms with Crippen LogP contribution in [-0.4, -0.2) is 12.0 Å². The first-order valence-electron chi connectivity index (χ1n) is 4.12. The summed E-state index contributed by atoms with van der Waals surface area (Å²) in [7, 11) is 1.37. The van der Waals surface area contributed by atoms with Crippen LogP contribution in [0.1, 0.15) is 5.56 Å². The molecule has 6 heteroatoms. The number of nitro groups is 1. The molecular weight excluding hydrogens is 210 g/mol. The van der Waals surface area contributed by atoms with Gasteiger partial charge in [0.15, 0.2) is 6.07 Å². The first-order valence-corrected chi connectivity index (χ1v) is 4.12. The number of anilines is 1. The third-order valence-electron chi connectivity index (χ3n) is 1.82. The third-order valence-corrected chi connectivity index (χ3v) is 1.82. The van der Waals surface area contributed by atoms with Crippen LogP contribution in [0.4, 0.5) is 11.4 Å². The van der Waals surface area contributed by atoms with Crippen LogP contribution >= 0.6 is 0 Å². The van der Waals surface area contributed by atoms with Crippen molar-refractivity contribution >= 4 is 11.4 Å². The highest BCUT2D eigenvalue weighted by molar-refractivity contribution is 5.70. The molecule has 0 bridgehead atoms. The molecule has 16 heavy (non-hydrogen) atoms. The molecule has 0 radical (unpaired) electrons. The van der Waals surface area contributed by atoms with Gasteiger partial charge in [-0.2, -0.15) is 5.26 Å². The number of hydrogen-bond acceptors (Lipinski definition) is 5. The van der Waals surface area contributed by atoms with Crippen LogP contribution < -0.4 is 10.5 Å². The Bertz CT molecular complexity index is 535. The Morgan fingerprint density at radius 2 is 2.25 bits per heavy atom. The molecule has 0 unspecified atom stereocenters. The van der Waals surface area contributed by atoms with Gasteiger partial charge in [0.2, 0.25) is 0 Å². The molecule has 0 atom stereocenters. The minimum absolute atomic E-state index is 0.0754. The Hall–Kier alpha value is -2.73. The lowest BCUT2D eigenvalue weighted by atomic mass is 10.1. The van der Waals surface area contributed by atoms with Crippen LogP contribution in [0.25, 0.3) is 0 Å². The molecule has 6 nitrogen and oxygen atoms in total. The fourth-order valence-corrected chi connectivity index (χ4v) is 1.08. The van der Waals surface area contributed by atoms with Gasteiger partial charge < -0.3 is 10.5 Å². The molecule has 0 aliphatic rings. The van der Waals surface area contributed by atoms with Crippen LogP contribution in [-0.2, 0) is 0 Å². The molecule has 0 amide bonds. The van der Waals surface area contributed by atoms with Crippen molar-refractivity contribution in [3.8, 4) is 23.7 Å². The maximum absolute atomic E-state index is 10.7. The predicted octanol–water partition coefficient (Wildman–Crippen LogP) is 1.06. The van der Waals surface area contributed by atoms with Gasteiger partial charge >= 0.3 is 0 Å². The fraction of sp³-hybridized carbons (Fsp3) is 0.100. The molecule has 2 N–H and O–H groups in total. The van der Waals surface area contributed by atoms with Gasteiger partial charge in [-0.15, -0.1) is 0 Å². The van der Waals surface area contributed by atoms with Gasteiger partial charge in [0.05, 0.1) is 23.7 Å². The monoisotopic (exact) mass is 217 g/mol. The minimum Gasteiger partial charge on any atom is -0.496 e. The zero-order valence-electron chi connectivity index (χ0n) is 8.35. The molecule has 0 saturated heterocycles. The van der Waals surface area contributed by atoms with Crippen molar-refractivity contribution in [1.82, 2.24) is 0 Å². The van der Waals surface area contributed by atoms with E-state index in [1.807, 2.05) is 0 Å². The molecule has 0 fully saturated rings. The smallest absolute Gasteiger partial charge is 0.297 e. The van der Waals surface area contributed by atoms with Crippen LogP contribution in [0.15, 0.2) is 12.1 Å². The molecule has 80 valence electrons. The van der Waals surface area contributed by atoms with Crippen LogP contribution in [0.3, 0.4) is 0 Å². The van der Waals surface area contributed by atoms with E-state index in [-0.39, 0.29) is 22.7 Å². The highest BCUT2D eigenvalue weighted by Crippen LogP contribution is 2.30. The van der Waals surface area contributed by atoms with E-state index in [9.17, 15) is 10.1 Å². The highest BCUT2D eigenvalue weighted by Gasteiger charge is 2.16. The van der Waals surface area contributed by atoms with Crippen LogP contribution in [0.2, 0.25) is 0 Å². The van der Waals surface area contributed by atoms with E-state index in [1.165, 1.54) is 19.2 Å². The molecule has 0 aliphatic carbocycles. The summed E-state index contributed by atoms with van der Waals surface area (Å²) >= 11 is 0. The number of benzene rings is 1. The number of nitrogens with two attached hydrogens (primary N) is 1. The number of ether oxygens (including phenoxy) is 1. The predicted molar refractivity (Wildman–Crippen MR) is 56.6 cm³/mol. The van der Waals surface area contributed by atoms with E-state index in [0.29, 0.717) is 0 Å². The Kier molecular flexibility index (Phi) is 3.31. The molecule has 0 aliphatic heterocycles. The number of nitriles is 1. The number of hydrogen-bond donors (Lipinski definition) is 1. The standard InChI is InChI=1S/C10H7N3O3/c1-16-8-5-7(3-2-4-11)10(12)9(6-8)13(14)15/h5-6H,12H2,1H3. The Balaban J connectivity index is 3.44. The number of nitro benzene ring substituents is 1. The summed E-state index contributed by atoms with van der Waals surface area (Å²) < 4.78 is 4.87. The van der Waals surface area contributed by atoms with Gasteiger partial charge in [0.25, 0.3) is 5.69 Å². The molecular formula is C10H7N3O3. The Morgan fingerprint density at radius 3 is 2.75 bits per heavy atom. The average Bonchev–Trinajstić information content (AvgIpc) is 2.27. The minimum atomic E-state index is -0.630. The number of rotatable bonds is 2. The molecule has 0 aromatic heterocycles. The summed E-state index contributed by atoms with van der Waals surface area (Å²) in [5.74, 6) is 4.80. The SMILES string of the molecule is COc1cc(C#CC#N)c(N)c([N+](=O)[O-])c1. The van der Waals surface area contributed by atoms with Gasteiger partial charge in [-0.05, 0) is 12.0 Å². The zero-order chi connectivity index (χ0) is 12.1. The first-order chi connectivity index (χ1) is 7.60. The number of nitrogen functional groups attached to an aromatic ring is 1. The topological polar surface area (TPSA) is 102 Å². The number of nitrogens with zero attached hydrogens (tertiary/aromatic N) is 2. The maximum Gasteiger partial charge on any atom is 0.297 e. The van der Waals surface area contributed by atoms with Gasteiger partial charge in [-0.3, -0.25) is 10.1 Å². The molecule has 1 rings (SSSR count). The van der Waals surface area contributed by atoms with Crippen molar-refractivity contribution in [2.24, 2.45) is 0 Å². The van der Waals surface area contributed by atoms with Gasteiger partial charge in [0, 0.05) is 5.92 Å². The number of methoxy groups -OCH3 is 1. The Labute approximate surface area is 91.4 Å². The van der Waals surface area contributed by atoms with Gasteiger partial charge in [0.1, 0.15) is 11.4 Å². The van der Waals surface area contributed by atoms with E-state index < -0.39 is 4.92 Å². The molecule has 0 spiro atoms. The summed E-state index contributed by atoms with van der Waals surface area (Å²) in [5, 5.41) is 19.0. The van der Waals surface area contributed by atoms with Crippen molar-refractivity contribution in [3.63, 3.8) is 0 Å². The Morgan fingerprint density at radius 1 is 1.56 bits per heavy atom. The molecule has 0 heterocycles. The second-order valence-electron chi connectivity index (χ2n) is 2.73. The van der Waals surface area contributed by atoms with Crippen LogP contribution in [0.5, 0.6) is 5.75 Å². The fourth-order valence-electron chi connectivity index (χ4n) is 1.08. The van der Waals surface area contributed by atoms with E-state index in [2.05, 4.69) is 11.8 Å². The average molecular weight is 217 g/mol. The van der Waals surface area contributed by atoms with Crippen molar-refractivity contribution in [2.45, 2.75) is 0 Å². The lowest BCUT2D eigenvalue weighted by Crippen LogP contribution is -1.99. The van der Waals surface area contributed by atoms with Crippen molar-refractivity contribution in [2.75, 3.05) is 12.8 Å².